The minimum absolute atomic E-state index is 0.140. The summed E-state index contributed by atoms with van der Waals surface area (Å²) < 4.78 is 36.7. The molecule has 11 heteroatoms. The number of likely N-dealkylation sites (tertiary alicyclic amines) is 1. The van der Waals surface area contributed by atoms with Gasteiger partial charge in [-0.25, -0.2) is 0 Å². The minimum Gasteiger partial charge on any atom is -0.346 e. The Morgan fingerprint density at radius 1 is 1.37 bits per heavy atom. The van der Waals surface area contributed by atoms with Gasteiger partial charge in [-0.05, 0) is 32.4 Å². The summed E-state index contributed by atoms with van der Waals surface area (Å²) in [5.41, 5.74) is 0.534. The zero-order chi connectivity index (χ0) is 20.2. The highest BCUT2D eigenvalue weighted by Crippen LogP contribution is 2.23. The number of hydrogen-bond donors (Lipinski definition) is 2. The van der Waals surface area contributed by atoms with E-state index in [1.165, 1.54) is 23.1 Å². The normalized spacial score (nSPS) is 17.6. The first-order valence-corrected chi connectivity index (χ1v) is 8.20. The number of carbonyl (C=O) groups excluding carboxylic acids is 2. The molecule has 0 saturated carbocycles. The zero-order valence-electron chi connectivity index (χ0n) is 14.5. The molecule has 1 aromatic rings. The Hall–Kier alpha value is -2.69. The Morgan fingerprint density at radius 3 is 2.70 bits per heavy atom. The molecular formula is C16H19F3N4O4. The average molecular weight is 388 g/mol. The molecule has 1 unspecified atom stereocenters. The molecule has 1 fully saturated rings. The van der Waals surface area contributed by atoms with Crippen LogP contribution >= 0.6 is 0 Å². The number of nitro benzene ring substituents is 1. The van der Waals surface area contributed by atoms with Gasteiger partial charge >= 0.3 is 6.18 Å². The van der Waals surface area contributed by atoms with Crippen molar-refractivity contribution < 1.29 is 27.7 Å². The van der Waals surface area contributed by atoms with E-state index >= 15 is 0 Å². The van der Waals surface area contributed by atoms with Crippen molar-refractivity contribution in [3.05, 3.63) is 33.9 Å². The summed E-state index contributed by atoms with van der Waals surface area (Å²) in [5, 5.41) is 15.3. The maximum absolute atomic E-state index is 12.2. The lowest BCUT2D eigenvalue weighted by atomic mass is 10.2. The maximum atomic E-state index is 12.2. The van der Waals surface area contributed by atoms with Crippen LogP contribution in [0.3, 0.4) is 0 Å². The Bertz CT molecular complexity index is 739. The number of nitrogens with one attached hydrogen (secondary N) is 2. The predicted octanol–water partition coefficient (Wildman–Crippen LogP) is 1.98. The van der Waals surface area contributed by atoms with Gasteiger partial charge in [-0.2, -0.15) is 13.2 Å². The maximum Gasteiger partial charge on any atom is 0.405 e. The van der Waals surface area contributed by atoms with Crippen molar-refractivity contribution in [3.63, 3.8) is 0 Å². The number of halogens is 3. The lowest BCUT2D eigenvalue weighted by molar-refractivity contribution is -0.385. The number of amides is 2. The average Bonchev–Trinajstić information content (AvgIpc) is 3.01. The minimum atomic E-state index is -4.50. The fourth-order valence-corrected chi connectivity index (χ4v) is 2.89. The van der Waals surface area contributed by atoms with Crippen molar-refractivity contribution >= 4 is 23.2 Å². The van der Waals surface area contributed by atoms with Gasteiger partial charge in [0, 0.05) is 17.3 Å². The smallest absolute Gasteiger partial charge is 0.346 e. The summed E-state index contributed by atoms with van der Waals surface area (Å²) >= 11 is 0. The van der Waals surface area contributed by atoms with Gasteiger partial charge in [0.2, 0.25) is 11.8 Å². The number of hydrogen-bond acceptors (Lipinski definition) is 5. The molecule has 27 heavy (non-hydrogen) atoms. The summed E-state index contributed by atoms with van der Waals surface area (Å²) in [5.74, 6) is -1.28. The Balaban J connectivity index is 1.95. The summed E-state index contributed by atoms with van der Waals surface area (Å²) in [6, 6.07) is 3.42. The lowest BCUT2D eigenvalue weighted by Gasteiger charge is -2.23. The van der Waals surface area contributed by atoms with Gasteiger partial charge in [-0.1, -0.05) is 6.07 Å². The van der Waals surface area contributed by atoms with E-state index in [9.17, 15) is 32.9 Å². The van der Waals surface area contributed by atoms with Crippen molar-refractivity contribution in [1.82, 2.24) is 10.2 Å². The third kappa shape index (κ3) is 5.91. The van der Waals surface area contributed by atoms with E-state index in [2.05, 4.69) is 5.32 Å². The van der Waals surface area contributed by atoms with Crippen molar-refractivity contribution in [2.75, 3.05) is 25.0 Å². The van der Waals surface area contributed by atoms with E-state index in [1.54, 1.807) is 6.92 Å². The van der Waals surface area contributed by atoms with E-state index in [0.29, 0.717) is 24.9 Å². The molecule has 2 rings (SSSR count). The molecule has 1 saturated heterocycles. The molecule has 1 atom stereocenters. The Kier molecular flexibility index (Phi) is 6.37. The number of rotatable bonds is 6. The second kappa shape index (κ2) is 8.33. The predicted molar refractivity (Wildman–Crippen MR) is 90.1 cm³/mol. The summed E-state index contributed by atoms with van der Waals surface area (Å²) in [4.78, 5) is 36.0. The van der Waals surface area contributed by atoms with Crippen LogP contribution in [0.15, 0.2) is 18.2 Å². The fraction of sp³-hybridized carbons (Fsp3) is 0.500. The second-order valence-electron chi connectivity index (χ2n) is 6.27. The summed E-state index contributed by atoms with van der Waals surface area (Å²) in [6.07, 6.45) is -3.57. The van der Waals surface area contributed by atoms with Crippen molar-refractivity contribution in [2.24, 2.45) is 0 Å². The van der Waals surface area contributed by atoms with E-state index in [4.69, 9.17) is 0 Å². The number of nitro groups is 1. The van der Waals surface area contributed by atoms with Crippen LogP contribution in [0, 0.1) is 17.0 Å². The molecule has 0 spiro atoms. The van der Waals surface area contributed by atoms with Crippen molar-refractivity contribution in [3.8, 4) is 0 Å². The van der Waals surface area contributed by atoms with Crippen LogP contribution in [0.25, 0.3) is 0 Å². The van der Waals surface area contributed by atoms with Gasteiger partial charge < -0.3 is 10.6 Å². The Labute approximate surface area is 152 Å². The first-order valence-electron chi connectivity index (χ1n) is 8.20. The van der Waals surface area contributed by atoms with Gasteiger partial charge in [-0.15, -0.1) is 0 Å². The molecular weight excluding hydrogens is 369 g/mol. The SMILES string of the molecule is Cc1ccc(NC(=O)CN2CCCC2C(=O)NCC(F)(F)F)cc1[N+](=O)[O-]. The molecule has 1 aliphatic rings. The number of nitrogens with zero attached hydrogens (tertiary/aromatic N) is 2. The van der Waals surface area contributed by atoms with Gasteiger partial charge in [0.05, 0.1) is 17.5 Å². The molecule has 1 aliphatic heterocycles. The van der Waals surface area contributed by atoms with Gasteiger partial charge in [0.1, 0.15) is 6.54 Å². The molecule has 0 aliphatic carbocycles. The first-order chi connectivity index (χ1) is 12.6. The first kappa shape index (κ1) is 20.6. The molecule has 2 amide bonds. The lowest BCUT2D eigenvalue weighted by Crippen LogP contribution is -2.47. The highest BCUT2D eigenvalue weighted by molar-refractivity contribution is 5.93. The molecule has 1 aromatic carbocycles. The summed E-state index contributed by atoms with van der Waals surface area (Å²) in [7, 11) is 0. The van der Waals surface area contributed by atoms with Gasteiger partial charge in [-0.3, -0.25) is 24.6 Å². The molecule has 0 bridgehead atoms. The highest BCUT2D eigenvalue weighted by Gasteiger charge is 2.34. The fourth-order valence-electron chi connectivity index (χ4n) is 2.89. The van der Waals surface area contributed by atoms with E-state index in [0.717, 1.165) is 0 Å². The van der Waals surface area contributed by atoms with Crippen LogP contribution in [0.2, 0.25) is 0 Å². The largest absolute Gasteiger partial charge is 0.405 e. The van der Waals surface area contributed by atoms with Gasteiger partial charge in [0.15, 0.2) is 0 Å². The van der Waals surface area contributed by atoms with E-state index in [1.807, 2.05) is 5.32 Å². The van der Waals surface area contributed by atoms with Crippen LogP contribution in [-0.2, 0) is 9.59 Å². The van der Waals surface area contributed by atoms with Crippen LogP contribution < -0.4 is 10.6 Å². The quantitative estimate of drug-likeness (QED) is 0.573. The van der Waals surface area contributed by atoms with E-state index < -0.39 is 35.5 Å². The molecule has 8 nitrogen and oxygen atoms in total. The van der Waals surface area contributed by atoms with Crippen molar-refractivity contribution in [1.29, 1.82) is 0 Å². The van der Waals surface area contributed by atoms with Crippen LogP contribution in [0.5, 0.6) is 0 Å². The molecule has 2 N–H and O–H groups in total. The Morgan fingerprint density at radius 2 is 2.07 bits per heavy atom. The monoisotopic (exact) mass is 388 g/mol. The van der Waals surface area contributed by atoms with Gasteiger partial charge in [0.25, 0.3) is 5.69 Å². The highest BCUT2D eigenvalue weighted by atomic mass is 19.4. The van der Waals surface area contributed by atoms with Crippen molar-refractivity contribution in [2.45, 2.75) is 32.0 Å². The van der Waals surface area contributed by atoms with Crippen LogP contribution in [0.4, 0.5) is 24.5 Å². The number of benzene rings is 1. The standard InChI is InChI=1S/C16H19F3N4O4/c1-10-4-5-11(7-13(10)23(26)27)21-14(24)8-22-6-2-3-12(22)15(25)20-9-16(17,18)19/h4-5,7,12H,2-3,6,8-9H2,1H3,(H,20,25)(H,21,24). The van der Waals surface area contributed by atoms with Crippen LogP contribution in [0.1, 0.15) is 18.4 Å². The topological polar surface area (TPSA) is 105 Å². The summed E-state index contributed by atoms with van der Waals surface area (Å²) in [6.45, 7) is 0.338. The molecule has 0 radical (unpaired) electrons. The molecule has 148 valence electrons. The third-order valence-electron chi connectivity index (χ3n) is 4.17. The number of carbonyl (C=O) groups is 2. The zero-order valence-corrected chi connectivity index (χ0v) is 14.5. The van der Waals surface area contributed by atoms with Crippen LogP contribution in [-0.4, -0.2) is 53.5 Å². The second-order valence-corrected chi connectivity index (χ2v) is 6.27. The molecule has 0 aromatic heterocycles. The van der Waals surface area contributed by atoms with E-state index in [-0.39, 0.29) is 17.9 Å². The molecule has 1 heterocycles. The number of anilines is 1. The number of alkyl halides is 3. The third-order valence-corrected chi connectivity index (χ3v) is 4.17. The number of aryl methyl sites for hydroxylation is 1.